The first-order valence-corrected chi connectivity index (χ1v) is 8.93. The molecule has 0 aliphatic carbocycles. The molecule has 0 unspecified atom stereocenters. The highest BCUT2D eigenvalue weighted by Gasteiger charge is 2.28. The van der Waals surface area contributed by atoms with Crippen LogP contribution in [0.1, 0.15) is 11.4 Å². The molecule has 0 atom stereocenters. The van der Waals surface area contributed by atoms with E-state index in [9.17, 15) is 26.7 Å². The van der Waals surface area contributed by atoms with Crippen molar-refractivity contribution in [3.63, 3.8) is 0 Å². The van der Waals surface area contributed by atoms with Gasteiger partial charge in [-0.2, -0.15) is 0 Å². The van der Waals surface area contributed by atoms with Gasteiger partial charge >= 0.3 is 0 Å². The Kier molecular flexibility index (Phi) is 5.25. The monoisotopic (exact) mass is 423 g/mol. The number of benzene rings is 2. The maximum absolute atomic E-state index is 14.2. The summed E-state index contributed by atoms with van der Waals surface area (Å²) in [4.78, 5) is 21.5. The summed E-state index contributed by atoms with van der Waals surface area (Å²) in [6, 6.07) is 6.72. The van der Waals surface area contributed by atoms with Gasteiger partial charge in [-0.15, -0.1) is 0 Å². The fraction of sp³-hybridized carbons (Fsp3) is 0.200. The minimum absolute atomic E-state index is 0.0587. The number of nitrogens with one attached hydrogen (secondary N) is 1. The number of ether oxygens (including phenoxy) is 1. The van der Waals surface area contributed by atoms with Gasteiger partial charge in [0.05, 0.1) is 35.4 Å². The number of aromatic amines is 1. The number of fused-ring (bicyclic) bond motifs is 1. The van der Waals surface area contributed by atoms with Crippen LogP contribution >= 0.6 is 0 Å². The lowest BCUT2D eigenvalue weighted by molar-refractivity contribution is -0.128. The van der Waals surface area contributed by atoms with E-state index in [1.165, 1.54) is 4.90 Å². The summed E-state index contributed by atoms with van der Waals surface area (Å²) in [5.74, 6) is -11.3. The maximum Gasteiger partial charge on any atom is 0.257 e. The lowest BCUT2D eigenvalue weighted by Gasteiger charge is -2.27. The third kappa shape index (κ3) is 3.43. The van der Waals surface area contributed by atoms with Gasteiger partial charge in [0, 0.05) is 13.1 Å². The number of para-hydroxylation sites is 2. The van der Waals surface area contributed by atoms with Gasteiger partial charge in [0.2, 0.25) is 5.82 Å². The van der Waals surface area contributed by atoms with Crippen LogP contribution in [-0.4, -0.2) is 47.1 Å². The number of amides is 1. The van der Waals surface area contributed by atoms with Crippen LogP contribution in [-0.2, 0) is 9.53 Å². The molecule has 2 heterocycles. The summed E-state index contributed by atoms with van der Waals surface area (Å²) in [7, 11) is 0. The van der Waals surface area contributed by atoms with E-state index in [1.807, 2.05) is 0 Å². The second-order valence-electron chi connectivity index (χ2n) is 6.55. The number of aromatic nitrogens is 2. The first-order chi connectivity index (χ1) is 14.4. The third-order valence-corrected chi connectivity index (χ3v) is 4.71. The van der Waals surface area contributed by atoms with Gasteiger partial charge < -0.3 is 14.6 Å². The topological polar surface area (TPSA) is 58.2 Å². The molecule has 1 amide bonds. The van der Waals surface area contributed by atoms with Crippen LogP contribution < -0.4 is 0 Å². The Morgan fingerprint density at radius 3 is 2.20 bits per heavy atom. The van der Waals surface area contributed by atoms with E-state index >= 15 is 0 Å². The molecule has 0 bridgehead atoms. The Balaban J connectivity index is 1.90. The van der Waals surface area contributed by atoms with E-state index < -0.39 is 40.6 Å². The summed E-state index contributed by atoms with van der Waals surface area (Å²) in [6.07, 6.45) is 0.631. The number of H-pyrrole nitrogens is 1. The van der Waals surface area contributed by atoms with Crippen molar-refractivity contribution >= 4 is 28.6 Å². The van der Waals surface area contributed by atoms with Crippen LogP contribution in [0.15, 0.2) is 24.3 Å². The Morgan fingerprint density at radius 2 is 1.57 bits per heavy atom. The van der Waals surface area contributed by atoms with E-state index in [0.29, 0.717) is 17.1 Å². The zero-order chi connectivity index (χ0) is 21.4. The molecule has 3 aromatic rings. The molecule has 10 heteroatoms. The molecule has 30 heavy (non-hydrogen) atoms. The SMILES string of the molecule is O=C(C(=Cc1c(F)c(F)c(F)c(F)c1F)c1nc2ccccc2[nH]1)N1CCOCC1. The number of carbonyl (C=O) groups excluding carboxylic acids is 1. The number of halogens is 5. The average molecular weight is 423 g/mol. The van der Waals surface area contributed by atoms with Crippen molar-refractivity contribution in [3.05, 3.63) is 64.7 Å². The van der Waals surface area contributed by atoms with E-state index in [4.69, 9.17) is 4.74 Å². The molecule has 1 aromatic heterocycles. The van der Waals surface area contributed by atoms with Crippen molar-refractivity contribution in [2.45, 2.75) is 0 Å². The molecule has 0 saturated carbocycles. The summed E-state index contributed by atoms with van der Waals surface area (Å²) in [5.41, 5.74) is -0.559. The molecular formula is C20H14F5N3O2. The highest BCUT2D eigenvalue weighted by Crippen LogP contribution is 2.28. The van der Waals surface area contributed by atoms with Gasteiger partial charge in [-0.05, 0) is 18.2 Å². The zero-order valence-corrected chi connectivity index (χ0v) is 15.3. The second kappa shape index (κ2) is 7.86. The molecule has 1 N–H and O–H groups in total. The zero-order valence-electron chi connectivity index (χ0n) is 15.3. The van der Waals surface area contributed by atoms with Crippen molar-refractivity contribution < 1.29 is 31.5 Å². The van der Waals surface area contributed by atoms with E-state index in [1.54, 1.807) is 24.3 Å². The number of hydrogen-bond donors (Lipinski definition) is 1. The Hall–Kier alpha value is -3.27. The maximum atomic E-state index is 14.2. The third-order valence-electron chi connectivity index (χ3n) is 4.71. The van der Waals surface area contributed by atoms with Crippen LogP contribution in [0.3, 0.4) is 0 Å². The molecule has 1 fully saturated rings. The van der Waals surface area contributed by atoms with Gasteiger partial charge in [0.25, 0.3) is 5.91 Å². The smallest absolute Gasteiger partial charge is 0.257 e. The molecule has 1 saturated heterocycles. The van der Waals surface area contributed by atoms with E-state index in [-0.39, 0.29) is 37.7 Å². The number of imidazole rings is 1. The van der Waals surface area contributed by atoms with Gasteiger partial charge in [-0.1, -0.05) is 12.1 Å². The van der Waals surface area contributed by atoms with Crippen LogP contribution in [0.4, 0.5) is 22.0 Å². The Labute approximate surface area is 166 Å². The van der Waals surface area contributed by atoms with Crippen molar-refractivity contribution in [2.75, 3.05) is 26.3 Å². The quantitative estimate of drug-likeness (QED) is 0.303. The van der Waals surface area contributed by atoms with E-state index in [2.05, 4.69) is 9.97 Å². The standard InChI is InChI=1S/C20H14F5N3O2/c21-14-10(15(22)17(24)18(25)16(14)23)9-11(20(29)28-5-7-30-8-6-28)19-26-12-3-1-2-4-13(12)27-19/h1-4,9H,5-8H2,(H,26,27). The largest absolute Gasteiger partial charge is 0.378 e. The Morgan fingerprint density at radius 1 is 0.967 bits per heavy atom. The summed E-state index contributed by atoms with van der Waals surface area (Å²) in [6.45, 7) is 0.907. The fourth-order valence-electron chi connectivity index (χ4n) is 3.14. The molecule has 1 aliphatic rings. The predicted octanol–water partition coefficient (Wildman–Crippen LogP) is 3.66. The minimum Gasteiger partial charge on any atom is -0.378 e. The van der Waals surface area contributed by atoms with Crippen LogP contribution in [0, 0.1) is 29.1 Å². The van der Waals surface area contributed by atoms with Gasteiger partial charge in [0.1, 0.15) is 5.82 Å². The lowest BCUT2D eigenvalue weighted by atomic mass is 10.1. The average Bonchev–Trinajstić information content (AvgIpc) is 3.20. The summed E-state index contributed by atoms with van der Waals surface area (Å²) < 4.78 is 74.4. The van der Waals surface area contributed by atoms with Crippen LogP contribution in [0.25, 0.3) is 22.7 Å². The summed E-state index contributed by atoms with van der Waals surface area (Å²) >= 11 is 0. The highest BCUT2D eigenvalue weighted by molar-refractivity contribution is 6.23. The summed E-state index contributed by atoms with van der Waals surface area (Å²) in [5, 5.41) is 0. The molecule has 0 radical (unpaired) electrons. The normalized spacial score (nSPS) is 15.1. The van der Waals surface area contributed by atoms with Gasteiger partial charge in [0.15, 0.2) is 23.3 Å². The molecule has 4 rings (SSSR count). The predicted molar refractivity (Wildman–Crippen MR) is 97.6 cm³/mol. The molecule has 1 aliphatic heterocycles. The second-order valence-corrected chi connectivity index (χ2v) is 6.55. The lowest BCUT2D eigenvalue weighted by Crippen LogP contribution is -2.41. The van der Waals surface area contributed by atoms with Crippen molar-refractivity contribution in [1.29, 1.82) is 0 Å². The highest BCUT2D eigenvalue weighted by atomic mass is 19.2. The number of hydrogen-bond acceptors (Lipinski definition) is 3. The van der Waals surface area contributed by atoms with Crippen molar-refractivity contribution in [2.24, 2.45) is 0 Å². The number of carbonyl (C=O) groups is 1. The van der Waals surface area contributed by atoms with E-state index in [0.717, 1.165) is 0 Å². The Bertz CT molecular complexity index is 1110. The van der Waals surface area contributed by atoms with Crippen molar-refractivity contribution in [3.8, 4) is 0 Å². The van der Waals surface area contributed by atoms with Crippen LogP contribution in [0.2, 0.25) is 0 Å². The number of nitrogens with zero attached hydrogens (tertiary/aromatic N) is 2. The fourth-order valence-corrected chi connectivity index (χ4v) is 3.14. The number of morpholine rings is 1. The molecule has 5 nitrogen and oxygen atoms in total. The minimum atomic E-state index is -2.27. The first kappa shape index (κ1) is 20.0. The van der Waals surface area contributed by atoms with Gasteiger partial charge in [-0.25, -0.2) is 26.9 Å². The van der Waals surface area contributed by atoms with Crippen LogP contribution in [0.5, 0.6) is 0 Å². The van der Waals surface area contributed by atoms with Crippen molar-refractivity contribution in [1.82, 2.24) is 14.9 Å². The first-order valence-electron chi connectivity index (χ1n) is 8.93. The molecular weight excluding hydrogens is 409 g/mol. The molecule has 0 spiro atoms. The number of rotatable bonds is 3. The molecule has 156 valence electrons. The molecule has 2 aromatic carbocycles. The van der Waals surface area contributed by atoms with Gasteiger partial charge in [-0.3, -0.25) is 4.79 Å².